The van der Waals surface area contributed by atoms with E-state index in [9.17, 15) is 15.3 Å². The Balaban J connectivity index is 1.58. The molecule has 0 fully saturated rings. The maximum atomic E-state index is 10.6. The van der Waals surface area contributed by atoms with Crippen molar-refractivity contribution in [2.45, 2.75) is 110 Å². The number of rotatable bonds is 14. The van der Waals surface area contributed by atoms with Crippen molar-refractivity contribution in [1.82, 2.24) is 0 Å². The number of benzene rings is 3. The second kappa shape index (κ2) is 14.3. The molecule has 0 aliphatic rings. The van der Waals surface area contributed by atoms with Gasteiger partial charge in [0.25, 0.3) is 0 Å². The monoisotopic (exact) mass is 516 g/mol. The summed E-state index contributed by atoms with van der Waals surface area (Å²) in [7, 11) is 0. The van der Waals surface area contributed by atoms with E-state index in [0.29, 0.717) is 17.5 Å². The summed E-state index contributed by atoms with van der Waals surface area (Å²) in [5.41, 5.74) is 5.88. The second-order valence-electron chi connectivity index (χ2n) is 11.9. The first-order chi connectivity index (χ1) is 18.2. The van der Waals surface area contributed by atoms with E-state index in [4.69, 9.17) is 0 Å². The Labute approximate surface area is 230 Å². The van der Waals surface area contributed by atoms with E-state index in [2.05, 4.69) is 64.1 Å². The van der Waals surface area contributed by atoms with Crippen LogP contribution in [0, 0.1) is 0 Å². The molecular formula is C35H48O3. The molecule has 0 saturated heterocycles. The molecule has 0 unspecified atom stereocenters. The van der Waals surface area contributed by atoms with E-state index in [1.165, 1.54) is 74.5 Å². The quantitative estimate of drug-likeness (QED) is 0.148. The maximum absolute atomic E-state index is 10.6. The van der Waals surface area contributed by atoms with Gasteiger partial charge in [-0.25, -0.2) is 0 Å². The normalized spacial score (nSPS) is 11.7. The van der Waals surface area contributed by atoms with Crippen LogP contribution in [0.1, 0.15) is 108 Å². The Morgan fingerprint density at radius 2 is 1.08 bits per heavy atom. The van der Waals surface area contributed by atoms with Crippen molar-refractivity contribution in [3.8, 4) is 28.4 Å². The molecule has 206 valence electrons. The fourth-order valence-electron chi connectivity index (χ4n) is 5.05. The van der Waals surface area contributed by atoms with Gasteiger partial charge in [0, 0.05) is 5.56 Å². The van der Waals surface area contributed by atoms with Crippen molar-refractivity contribution in [2.75, 3.05) is 0 Å². The average Bonchev–Trinajstić information content (AvgIpc) is 2.91. The minimum atomic E-state index is -0.445. The van der Waals surface area contributed by atoms with Gasteiger partial charge >= 0.3 is 0 Å². The topological polar surface area (TPSA) is 60.7 Å². The van der Waals surface area contributed by atoms with Crippen molar-refractivity contribution < 1.29 is 15.3 Å². The fourth-order valence-corrected chi connectivity index (χ4v) is 5.05. The molecule has 3 aromatic carbocycles. The lowest BCUT2D eigenvalue weighted by Gasteiger charge is -2.19. The van der Waals surface area contributed by atoms with E-state index in [1.807, 2.05) is 18.2 Å². The van der Waals surface area contributed by atoms with E-state index in [1.54, 1.807) is 0 Å². The number of hydrogen-bond donors (Lipinski definition) is 3. The fraction of sp³-hybridized carbons (Fsp3) is 0.486. The SMILES string of the molecule is CCCCCCCCCCCc1ccc(-c2cc(CCc3ccc(C(C)(C)C)cc3)c(O)c(O)c2O)cc1. The predicted octanol–water partition coefficient (Wildman–Crippen LogP) is 9.63. The van der Waals surface area contributed by atoms with Gasteiger partial charge in [0.2, 0.25) is 5.75 Å². The van der Waals surface area contributed by atoms with Gasteiger partial charge in [-0.15, -0.1) is 0 Å². The molecule has 0 saturated carbocycles. The predicted molar refractivity (Wildman–Crippen MR) is 160 cm³/mol. The molecule has 0 aliphatic carbocycles. The Hall–Kier alpha value is -2.94. The summed E-state index contributed by atoms with van der Waals surface area (Å²) >= 11 is 0. The zero-order valence-electron chi connectivity index (χ0n) is 24.0. The molecular weight excluding hydrogens is 468 g/mol. The van der Waals surface area contributed by atoms with Crippen LogP contribution < -0.4 is 0 Å². The van der Waals surface area contributed by atoms with Crippen LogP contribution in [0.25, 0.3) is 11.1 Å². The molecule has 0 bridgehead atoms. The Bertz CT molecular complexity index is 1120. The van der Waals surface area contributed by atoms with Crippen LogP contribution in [0.5, 0.6) is 17.2 Å². The summed E-state index contributed by atoms with van der Waals surface area (Å²) in [4.78, 5) is 0. The molecule has 0 amide bonds. The highest BCUT2D eigenvalue weighted by Crippen LogP contribution is 2.45. The molecule has 0 atom stereocenters. The number of aryl methyl sites for hydroxylation is 3. The standard InChI is InChI=1S/C35H48O3/c1-5-6-7-8-9-10-11-12-13-14-26-15-20-28(21-16-26)31-25-29(32(36)34(38)33(31)37)22-17-27-18-23-30(24-19-27)35(2,3)4/h15-16,18-21,23-25,36-38H,5-14,17,22H2,1-4H3. The summed E-state index contributed by atoms with van der Waals surface area (Å²) in [6, 6.07) is 18.6. The Kier molecular flexibility index (Phi) is 11.1. The molecule has 0 radical (unpaired) electrons. The van der Waals surface area contributed by atoms with Crippen molar-refractivity contribution in [2.24, 2.45) is 0 Å². The van der Waals surface area contributed by atoms with Gasteiger partial charge in [-0.1, -0.05) is 128 Å². The highest BCUT2D eigenvalue weighted by Gasteiger charge is 2.18. The smallest absolute Gasteiger partial charge is 0.201 e. The molecule has 3 nitrogen and oxygen atoms in total. The molecule has 3 N–H and O–H groups in total. The highest BCUT2D eigenvalue weighted by atomic mass is 16.3. The number of unbranched alkanes of at least 4 members (excludes halogenated alkanes) is 8. The highest BCUT2D eigenvalue weighted by molar-refractivity contribution is 5.77. The number of phenolic OH excluding ortho intramolecular Hbond substituents is 3. The minimum Gasteiger partial charge on any atom is -0.504 e. The average molecular weight is 517 g/mol. The van der Waals surface area contributed by atoms with Gasteiger partial charge < -0.3 is 15.3 Å². The van der Waals surface area contributed by atoms with Gasteiger partial charge in [-0.3, -0.25) is 0 Å². The first-order valence-electron chi connectivity index (χ1n) is 14.7. The zero-order valence-corrected chi connectivity index (χ0v) is 24.0. The summed E-state index contributed by atoms with van der Waals surface area (Å²) in [5, 5.41) is 31.6. The second-order valence-corrected chi connectivity index (χ2v) is 11.9. The van der Waals surface area contributed by atoms with Crippen LogP contribution in [-0.2, 0) is 24.7 Å². The molecule has 0 spiro atoms. The Morgan fingerprint density at radius 1 is 0.553 bits per heavy atom. The van der Waals surface area contributed by atoms with Crippen LogP contribution in [0.3, 0.4) is 0 Å². The maximum Gasteiger partial charge on any atom is 0.201 e. The third-order valence-corrected chi connectivity index (χ3v) is 7.66. The van der Waals surface area contributed by atoms with Crippen molar-refractivity contribution in [3.05, 3.63) is 76.9 Å². The lowest BCUT2D eigenvalue weighted by molar-refractivity contribution is 0.366. The van der Waals surface area contributed by atoms with Crippen molar-refractivity contribution in [1.29, 1.82) is 0 Å². The number of aromatic hydroxyl groups is 3. The van der Waals surface area contributed by atoms with Gasteiger partial charge in [-0.05, 0) is 65.0 Å². The molecule has 3 rings (SSSR count). The van der Waals surface area contributed by atoms with Crippen LogP contribution in [0.15, 0.2) is 54.6 Å². The van der Waals surface area contributed by atoms with Crippen LogP contribution in [0.2, 0.25) is 0 Å². The van der Waals surface area contributed by atoms with Gasteiger partial charge in [0.15, 0.2) is 11.5 Å². The van der Waals surface area contributed by atoms with Crippen LogP contribution >= 0.6 is 0 Å². The molecule has 3 heteroatoms. The summed E-state index contributed by atoms with van der Waals surface area (Å²) in [5.74, 6) is -0.952. The van der Waals surface area contributed by atoms with Crippen molar-refractivity contribution in [3.63, 3.8) is 0 Å². The number of hydrogen-bond acceptors (Lipinski definition) is 3. The van der Waals surface area contributed by atoms with Gasteiger partial charge in [-0.2, -0.15) is 0 Å². The Morgan fingerprint density at radius 3 is 1.66 bits per heavy atom. The summed E-state index contributed by atoms with van der Waals surface area (Å²) < 4.78 is 0. The minimum absolute atomic E-state index is 0.109. The van der Waals surface area contributed by atoms with Gasteiger partial charge in [0.05, 0.1) is 0 Å². The van der Waals surface area contributed by atoms with Crippen LogP contribution in [-0.4, -0.2) is 15.3 Å². The van der Waals surface area contributed by atoms with E-state index in [0.717, 1.165) is 18.4 Å². The van der Waals surface area contributed by atoms with E-state index >= 15 is 0 Å². The first-order valence-corrected chi connectivity index (χ1v) is 14.7. The first kappa shape index (κ1) is 29.6. The molecule has 0 aromatic heterocycles. The summed E-state index contributed by atoms with van der Waals surface area (Å²) in [6.45, 7) is 8.86. The third-order valence-electron chi connectivity index (χ3n) is 7.66. The number of phenols is 3. The zero-order chi connectivity index (χ0) is 27.5. The molecule has 0 aliphatic heterocycles. The van der Waals surface area contributed by atoms with Crippen LogP contribution in [0.4, 0.5) is 0 Å². The lowest BCUT2D eigenvalue weighted by Crippen LogP contribution is -2.10. The van der Waals surface area contributed by atoms with E-state index in [-0.39, 0.29) is 16.9 Å². The van der Waals surface area contributed by atoms with E-state index < -0.39 is 5.75 Å². The molecule has 3 aromatic rings. The largest absolute Gasteiger partial charge is 0.504 e. The third kappa shape index (κ3) is 8.55. The summed E-state index contributed by atoms with van der Waals surface area (Å²) in [6.07, 6.45) is 14.3. The molecule has 0 heterocycles. The lowest BCUT2D eigenvalue weighted by atomic mass is 9.86. The van der Waals surface area contributed by atoms with Crippen molar-refractivity contribution >= 4 is 0 Å². The van der Waals surface area contributed by atoms with Gasteiger partial charge in [0.1, 0.15) is 0 Å². The molecule has 38 heavy (non-hydrogen) atoms.